The first-order valence-corrected chi connectivity index (χ1v) is 6.87. The fourth-order valence-electron chi connectivity index (χ4n) is 1.90. The van der Waals surface area contributed by atoms with E-state index in [-0.39, 0.29) is 24.3 Å². The van der Waals surface area contributed by atoms with Crippen LogP contribution in [0.1, 0.15) is 25.3 Å². The summed E-state index contributed by atoms with van der Waals surface area (Å²) in [6.07, 6.45) is 0.979. The number of carbonyl (C=O) groups is 2. The molecule has 0 radical (unpaired) electrons. The molecule has 1 atom stereocenters. The van der Waals surface area contributed by atoms with Gasteiger partial charge in [0.2, 0.25) is 0 Å². The molecule has 0 saturated heterocycles. The van der Waals surface area contributed by atoms with E-state index in [4.69, 9.17) is 5.11 Å². The molecule has 6 heteroatoms. The summed E-state index contributed by atoms with van der Waals surface area (Å²) < 4.78 is 13.1. The SMILES string of the molecule is CC(Cc1cccc(F)c1)N(C)C(=O)NCCCC(=O)O. The Hall–Kier alpha value is -2.11. The Morgan fingerprint density at radius 3 is 2.76 bits per heavy atom. The number of carboxylic acids is 1. The second-order valence-electron chi connectivity index (χ2n) is 5.02. The number of urea groups is 1. The van der Waals surface area contributed by atoms with Gasteiger partial charge in [-0.1, -0.05) is 12.1 Å². The van der Waals surface area contributed by atoms with Crippen molar-refractivity contribution in [2.75, 3.05) is 13.6 Å². The Kier molecular flexibility index (Phi) is 6.65. The number of halogens is 1. The van der Waals surface area contributed by atoms with Gasteiger partial charge in [0.25, 0.3) is 0 Å². The molecule has 0 aliphatic carbocycles. The van der Waals surface area contributed by atoms with Crippen molar-refractivity contribution in [3.8, 4) is 0 Å². The first-order chi connectivity index (χ1) is 9.90. The molecule has 2 N–H and O–H groups in total. The number of benzene rings is 1. The summed E-state index contributed by atoms with van der Waals surface area (Å²) in [6, 6.07) is 5.94. The summed E-state index contributed by atoms with van der Waals surface area (Å²) in [4.78, 5) is 23.8. The maximum absolute atomic E-state index is 13.1. The standard InChI is InChI=1S/C15H21FN2O3/c1-11(9-12-5-3-6-13(16)10-12)18(2)15(21)17-8-4-7-14(19)20/h3,5-6,10-11H,4,7-9H2,1-2H3,(H,17,21)(H,19,20). The number of carboxylic acid groups (broad SMARTS) is 1. The van der Waals surface area contributed by atoms with Crippen LogP contribution < -0.4 is 5.32 Å². The van der Waals surface area contributed by atoms with Gasteiger partial charge in [-0.05, 0) is 37.5 Å². The average Bonchev–Trinajstić information content (AvgIpc) is 2.42. The zero-order valence-electron chi connectivity index (χ0n) is 12.3. The van der Waals surface area contributed by atoms with Crippen LogP contribution in [0.15, 0.2) is 24.3 Å². The van der Waals surface area contributed by atoms with Crippen molar-refractivity contribution in [1.29, 1.82) is 0 Å². The maximum Gasteiger partial charge on any atom is 0.317 e. The molecule has 2 amide bonds. The number of carbonyl (C=O) groups excluding carboxylic acids is 1. The molecule has 0 bridgehead atoms. The number of amides is 2. The van der Waals surface area contributed by atoms with Crippen LogP contribution in [0, 0.1) is 5.82 Å². The van der Waals surface area contributed by atoms with E-state index in [1.54, 1.807) is 13.1 Å². The third-order valence-corrected chi connectivity index (χ3v) is 3.25. The molecule has 21 heavy (non-hydrogen) atoms. The molecule has 1 rings (SSSR count). The van der Waals surface area contributed by atoms with Crippen LogP contribution in [-0.4, -0.2) is 41.6 Å². The zero-order chi connectivity index (χ0) is 15.8. The van der Waals surface area contributed by atoms with Crippen LogP contribution in [0.2, 0.25) is 0 Å². The summed E-state index contributed by atoms with van der Waals surface area (Å²) in [6.45, 7) is 2.20. The summed E-state index contributed by atoms with van der Waals surface area (Å²) in [5.41, 5.74) is 0.827. The predicted octanol–water partition coefficient (Wildman–Crippen LogP) is 2.26. The van der Waals surface area contributed by atoms with Crippen molar-refractivity contribution in [2.45, 2.75) is 32.2 Å². The van der Waals surface area contributed by atoms with E-state index in [2.05, 4.69) is 5.32 Å². The molecule has 1 aromatic carbocycles. The molecule has 0 aliphatic heterocycles. The number of aliphatic carboxylic acids is 1. The largest absolute Gasteiger partial charge is 0.481 e. The molecule has 0 aromatic heterocycles. The van der Waals surface area contributed by atoms with Crippen LogP contribution in [-0.2, 0) is 11.2 Å². The highest BCUT2D eigenvalue weighted by Gasteiger charge is 2.15. The lowest BCUT2D eigenvalue weighted by Gasteiger charge is -2.25. The normalized spacial score (nSPS) is 11.8. The van der Waals surface area contributed by atoms with Gasteiger partial charge in [-0.15, -0.1) is 0 Å². The van der Waals surface area contributed by atoms with Gasteiger partial charge < -0.3 is 15.3 Å². The molecule has 0 spiro atoms. The number of likely N-dealkylation sites (N-methyl/N-ethyl adjacent to an activating group) is 1. The summed E-state index contributed by atoms with van der Waals surface area (Å²) >= 11 is 0. The van der Waals surface area contributed by atoms with Crippen molar-refractivity contribution < 1.29 is 19.1 Å². The quantitative estimate of drug-likeness (QED) is 0.758. The highest BCUT2D eigenvalue weighted by atomic mass is 19.1. The van der Waals surface area contributed by atoms with E-state index >= 15 is 0 Å². The van der Waals surface area contributed by atoms with E-state index in [0.29, 0.717) is 19.4 Å². The molecule has 0 aliphatic rings. The molecule has 116 valence electrons. The first-order valence-electron chi connectivity index (χ1n) is 6.87. The van der Waals surface area contributed by atoms with Gasteiger partial charge in [0.05, 0.1) is 0 Å². The minimum Gasteiger partial charge on any atom is -0.481 e. The highest BCUT2D eigenvalue weighted by molar-refractivity contribution is 5.74. The van der Waals surface area contributed by atoms with Crippen LogP contribution in [0.4, 0.5) is 9.18 Å². The predicted molar refractivity (Wildman–Crippen MR) is 77.6 cm³/mol. The minimum absolute atomic E-state index is 0.0306. The van der Waals surface area contributed by atoms with Gasteiger partial charge in [0.1, 0.15) is 5.82 Å². The van der Waals surface area contributed by atoms with Gasteiger partial charge in [-0.2, -0.15) is 0 Å². The Balaban J connectivity index is 2.40. The zero-order valence-corrected chi connectivity index (χ0v) is 12.3. The second kappa shape index (κ2) is 8.24. The monoisotopic (exact) mass is 296 g/mol. The lowest BCUT2D eigenvalue weighted by Crippen LogP contribution is -2.43. The van der Waals surface area contributed by atoms with E-state index in [0.717, 1.165) is 5.56 Å². The summed E-state index contributed by atoms with van der Waals surface area (Å²) in [7, 11) is 1.66. The van der Waals surface area contributed by atoms with Crippen molar-refractivity contribution >= 4 is 12.0 Å². The van der Waals surface area contributed by atoms with E-state index in [9.17, 15) is 14.0 Å². The molecule has 1 unspecified atom stereocenters. The van der Waals surface area contributed by atoms with E-state index in [1.807, 2.05) is 13.0 Å². The minimum atomic E-state index is -0.878. The molecular formula is C15H21FN2O3. The lowest BCUT2D eigenvalue weighted by molar-refractivity contribution is -0.137. The van der Waals surface area contributed by atoms with Gasteiger partial charge in [0, 0.05) is 26.1 Å². The summed E-state index contributed by atoms with van der Waals surface area (Å²) in [5, 5.41) is 11.2. The average molecular weight is 296 g/mol. The fourth-order valence-corrected chi connectivity index (χ4v) is 1.90. The van der Waals surface area contributed by atoms with Crippen molar-refractivity contribution in [3.63, 3.8) is 0 Å². The van der Waals surface area contributed by atoms with Crippen LogP contribution in [0.5, 0.6) is 0 Å². The van der Waals surface area contributed by atoms with Crippen LogP contribution >= 0.6 is 0 Å². The number of nitrogens with one attached hydrogen (secondary N) is 1. The topological polar surface area (TPSA) is 69.6 Å². The molecule has 0 saturated carbocycles. The van der Waals surface area contributed by atoms with Crippen molar-refractivity contribution in [2.24, 2.45) is 0 Å². The molecular weight excluding hydrogens is 275 g/mol. The van der Waals surface area contributed by atoms with E-state index < -0.39 is 5.97 Å². The van der Waals surface area contributed by atoms with E-state index in [1.165, 1.54) is 17.0 Å². The highest BCUT2D eigenvalue weighted by Crippen LogP contribution is 2.09. The molecule has 0 heterocycles. The fraction of sp³-hybridized carbons (Fsp3) is 0.467. The third kappa shape index (κ3) is 6.25. The van der Waals surface area contributed by atoms with Gasteiger partial charge in [0.15, 0.2) is 0 Å². The molecule has 5 nitrogen and oxygen atoms in total. The summed E-state index contributed by atoms with van der Waals surface area (Å²) in [5.74, 6) is -1.17. The Morgan fingerprint density at radius 1 is 1.43 bits per heavy atom. The number of hydrogen-bond donors (Lipinski definition) is 2. The number of rotatable bonds is 7. The number of nitrogens with zero attached hydrogens (tertiary/aromatic N) is 1. The van der Waals surface area contributed by atoms with Crippen molar-refractivity contribution in [1.82, 2.24) is 10.2 Å². The molecule has 1 aromatic rings. The maximum atomic E-state index is 13.1. The lowest BCUT2D eigenvalue weighted by atomic mass is 10.1. The van der Waals surface area contributed by atoms with Gasteiger partial charge in [-0.25, -0.2) is 9.18 Å². The smallest absolute Gasteiger partial charge is 0.317 e. The Morgan fingerprint density at radius 2 is 2.14 bits per heavy atom. The Bertz CT molecular complexity index is 494. The Labute approximate surface area is 123 Å². The second-order valence-corrected chi connectivity index (χ2v) is 5.02. The van der Waals surface area contributed by atoms with Gasteiger partial charge in [-0.3, -0.25) is 4.79 Å². The van der Waals surface area contributed by atoms with Crippen molar-refractivity contribution in [3.05, 3.63) is 35.6 Å². The van der Waals surface area contributed by atoms with Crippen LogP contribution in [0.25, 0.3) is 0 Å². The molecule has 0 fully saturated rings. The third-order valence-electron chi connectivity index (χ3n) is 3.25. The van der Waals surface area contributed by atoms with Crippen LogP contribution in [0.3, 0.4) is 0 Å². The number of hydrogen-bond acceptors (Lipinski definition) is 2. The first kappa shape index (κ1) is 16.9. The van der Waals surface area contributed by atoms with Gasteiger partial charge >= 0.3 is 12.0 Å².